The summed E-state index contributed by atoms with van der Waals surface area (Å²) in [6.45, 7) is 2.07. The van der Waals surface area contributed by atoms with Crippen LogP contribution >= 0.6 is 0 Å². The second-order valence-corrected chi connectivity index (χ2v) is 6.90. The molecule has 6 nitrogen and oxygen atoms in total. The van der Waals surface area contributed by atoms with Crippen LogP contribution in [-0.4, -0.2) is 49.3 Å². The average Bonchev–Trinajstić information content (AvgIpc) is 2.68. The molecule has 28 heavy (non-hydrogen) atoms. The Labute approximate surface area is 165 Å². The third-order valence-corrected chi connectivity index (χ3v) is 4.70. The van der Waals surface area contributed by atoms with Gasteiger partial charge in [-0.2, -0.15) is 0 Å². The second kappa shape index (κ2) is 9.28. The summed E-state index contributed by atoms with van der Waals surface area (Å²) in [5.74, 6) is 0.926. The number of anilines is 1. The first-order chi connectivity index (χ1) is 13.5. The predicted molar refractivity (Wildman–Crippen MR) is 110 cm³/mol. The zero-order valence-electron chi connectivity index (χ0n) is 16.2. The molecule has 3 rings (SSSR count). The third-order valence-electron chi connectivity index (χ3n) is 4.70. The molecule has 1 fully saturated rings. The topological polar surface area (TPSA) is 71.0 Å². The van der Waals surface area contributed by atoms with Crippen molar-refractivity contribution in [2.24, 2.45) is 0 Å². The SMILES string of the molecule is COc1ccc(/C=C/C(=O)Nc2cccc(OC3CCN(C)CC3)c2)cc1O. The number of benzene rings is 2. The van der Waals surface area contributed by atoms with Crippen LogP contribution in [0.25, 0.3) is 6.08 Å². The molecule has 2 N–H and O–H groups in total. The normalized spacial score (nSPS) is 15.5. The Morgan fingerprint density at radius 1 is 1.21 bits per heavy atom. The summed E-state index contributed by atoms with van der Waals surface area (Å²) in [4.78, 5) is 14.5. The second-order valence-electron chi connectivity index (χ2n) is 6.90. The monoisotopic (exact) mass is 382 g/mol. The van der Waals surface area contributed by atoms with E-state index in [1.54, 1.807) is 24.3 Å². The Bertz CT molecular complexity index is 842. The van der Waals surface area contributed by atoms with E-state index in [0.29, 0.717) is 17.0 Å². The van der Waals surface area contributed by atoms with E-state index in [2.05, 4.69) is 17.3 Å². The molecule has 1 saturated heterocycles. The largest absolute Gasteiger partial charge is 0.504 e. The number of nitrogens with one attached hydrogen (secondary N) is 1. The number of aromatic hydroxyl groups is 1. The van der Waals surface area contributed by atoms with Crippen LogP contribution in [0.3, 0.4) is 0 Å². The minimum absolute atomic E-state index is 0.0313. The van der Waals surface area contributed by atoms with Crippen LogP contribution in [0.4, 0.5) is 5.69 Å². The highest BCUT2D eigenvalue weighted by atomic mass is 16.5. The molecule has 2 aromatic rings. The Morgan fingerprint density at radius 3 is 2.71 bits per heavy atom. The molecule has 148 valence electrons. The fourth-order valence-corrected chi connectivity index (χ4v) is 3.11. The van der Waals surface area contributed by atoms with Crippen molar-refractivity contribution in [3.8, 4) is 17.2 Å². The fourth-order valence-electron chi connectivity index (χ4n) is 3.11. The first kappa shape index (κ1) is 19.8. The molecule has 1 amide bonds. The number of hydrogen-bond acceptors (Lipinski definition) is 5. The molecule has 0 bridgehead atoms. The molecule has 0 spiro atoms. The molecule has 0 saturated carbocycles. The number of hydrogen-bond donors (Lipinski definition) is 2. The Hall–Kier alpha value is -2.99. The van der Waals surface area contributed by atoms with Crippen molar-refractivity contribution in [3.63, 3.8) is 0 Å². The average molecular weight is 382 g/mol. The van der Waals surface area contributed by atoms with E-state index in [1.165, 1.54) is 13.2 Å². The van der Waals surface area contributed by atoms with Crippen LogP contribution in [0.2, 0.25) is 0 Å². The fraction of sp³-hybridized carbons (Fsp3) is 0.318. The van der Waals surface area contributed by atoms with Gasteiger partial charge in [-0.1, -0.05) is 12.1 Å². The van der Waals surface area contributed by atoms with Gasteiger partial charge in [0.15, 0.2) is 11.5 Å². The standard InChI is InChI=1S/C22H26N2O4/c1-24-12-10-18(11-13-24)28-19-5-3-4-17(15-19)23-22(26)9-7-16-6-8-21(27-2)20(25)14-16/h3-9,14-15,18,25H,10-13H2,1-2H3,(H,23,26)/b9-7+. The summed E-state index contributed by atoms with van der Waals surface area (Å²) in [7, 11) is 3.61. The maximum atomic E-state index is 12.2. The number of phenolic OH excluding ortho intramolecular Hbond substituents is 1. The van der Waals surface area contributed by atoms with Crippen molar-refractivity contribution in [1.82, 2.24) is 4.90 Å². The highest BCUT2D eigenvalue weighted by Gasteiger charge is 2.18. The molecule has 1 aliphatic rings. The number of nitrogens with zero attached hydrogens (tertiary/aromatic N) is 1. The minimum Gasteiger partial charge on any atom is -0.504 e. The van der Waals surface area contributed by atoms with Crippen molar-refractivity contribution >= 4 is 17.7 Å². The van der Waals surface area contributed by atoms with Crippen LogP contribution in [0.15, 0.2) is 48.5 Å². The van der Waals surface area contributed by atoms with E-state index < -0.39 is 0 Å². The molecular formula is C22H26N2O4. The van der Waals surface area contributed by atoms with Gasteiger partial charge in [0, 0.05) is 30.9 Å². The first-order valence-electron chi connectivity index (χ1n) is 9.35. The summed E-state index contributed by atoms with van der Waals surface area (Å²) in [5.41, 5.74) is 1.38. The summed E-state index contributed by atoms with van der Waals surface area (Å²) in [5, 5.41) is 12.6. The van der Waals surface area contributed by atoms with Gasteiger partial charge in [-0.25, -0.2) is 0 Å². The smallest absolute Gasteiger partial charge is 0.248 e. The highest BCUT2D eigenvalue weighted by molar-refractivity contribution is 6.02. The molecule has 0 aliphatic carbocycles. The van der Waals surface area contributed by atoms with Crippen molar-refractivity contribution < 1.29 is 19.4 Å². The van der Waals surface area contributed by atoms with Gasteiger partial charge < -0.3 is 24.8 Å². The Kier molecular flexibility index (Phi) is 6.55. The maximum absolute atomic E-state index is 12.2. The van der Waals surface area contributed by atoms with E-state index in [1.807, 2.05) is 24.3 Å². The molecular weight excluding hydrogens is 356 g/mol. The number of piperidine rings is 1. The molecule has 0 atom stereocenters. The predicted octanol–water partition coefficient (Wildman–Crippen LogP) is 3.53. The summed E-state index contributed by atoms with van der Waals surface area (Å²) in [6, 6.07) is 12.4. The molecule has 1 aliphatic heterocycles. The minimum atomic E-state index is -0.258. The number of methoxy groups -OCH3 is 1. The Balaban J connectivity index is 1.57. The molecule has 6 heteroatoms. The number of carbonyl (C=O) groups excluding carboxylic acids is 1. The summed E-state index contributed by atoms with van der Waals surface area (Å²) in [6.07, 6.45) is 5.28. The van der Waals surface area contributed by atoms with Crippen molar-refractivity contribution in [2.75, 3.05) is 32.6 Å². The van der Waals surface area contributed by atoms with Gasteiger partial charge in [0.1, 0.15) is 11.9 Å². The van der Waals surface area contributed by atoms with Gasteiger partial charge >= 0.3 is 0 Å². The summed E-state index contributed by atoms with van der Waals surface area (Å²) >= 11 is 0. The molecule has 1 heterocycles. The van der Waals surface area contributed by atoms with Gasteiger partial charge in [0.2, 0.25) is 5.91 Å². The quantitative estimate of drug-likeness (QED) is 0.748. The van der Waals surface area contributed by atoms with E-state index in [0.717, 1.165) is 31.7 Å². The first-order valence-corrected chi connectivity index (χ1v) is 9.35. The number of ether oxygens (including phenoxy) is 2. The van der Waals surface area contributed by atoms with Gasteiger partial charge in [-0.3, -0.25) is 4.79 Å². The van der Waals surface area contributed by atoms with Crippen molar-refractivity contribution in [3.05, 3.63) is 54.1 Å². The lowest BCUT2D eigenvalue weighted by atomic mass is 10.1. The van der Waals surface area contributed by atoms with Crippen LogP contribution < -0.4 is 14.8 Å². The number of likely N-dealkylation sites (tertiary alicyclic amines) is 1. The van der Waals surface area contributed by atoms with Gasteiger partial charge in [-0.05, 0) is 55.8 Å². The zero-order chi connectivity index (χ0) is 19.9. The lowest BCUT2D eigenvalue weighted by Gasteiger charge is -2.29. The van der Waals surface area contributed by atoms with Crippen LogP contribution in [-0.2, 0) is 4.79 Å². The molecule has 0 aromatic heterocycles. The van der Waals surface area contributed by atoms with E-state index >= 15 is 0 Å². The third kappa shape index (κ3) is 5.50. The number of carbonyl (C=O) groups is 1. The molecule has 0 unspecified atom stereocenters. The van der Waals surface area contributed by atoms with Crippen molar-refractivity contribution in [1.29, 1.82) is 0 Å². The van der Waals surface area contributed by atoms with Gasteiger partial charge in [0.25, 0.3) is 0 Å². The van der Waals surface area contributed by atoms with Crippen LogP contribution in [0.5, 0.6) is 17.2 Å². The van der Waals surface area contributed by atoms with E-state index in [9.17, 15) is 9.90 Å². The zero-order valence-corrected chi connectivity index (χ0v) is 16.2. The van der Waals surface area contributed by atoms with Gasteiger partial charge in [-0.15, -0.1) is 0 Å². The van der Waals surface area contributed by atoms with Gasteiger partial charge in [0.05, 0.1) is 7.11 Å². The van der Waals surface area contributed by atoms with Crippen LogP contribution in [0.1, 0.15) is 18.4 Å². The van der Waals surface area contributed by atoms with E-state index in [-0.39, 0.29) is 17.8 Å². The lowest BCUT2D eigenvalue weighted by molar-refractivity contribution is -0.111. The summed E-state index contributed by atoms with van der Waals surface area (Å²) < 4.78 is 11.1. The lowest BCUT2D eigenvalue weighted by Crippen LogP contribution is -2.35. The number of phenols is 1. The van der Waals surface area contributed by atoms with E-state index in [4.69, 9.17) is 9.47 Å². The number of rotatable bonds is 6. The number of amides is 1. The van der Waals surface area contributed by atoms with Crippen LogP contribution in [0, 0.1) is 0 Å². The highest BCUT2D eigenvalue weighted by Crippen LogP contribution is 2.27. The maximum Gasteiger partial charge on any atom is 0.248 e. The Morgan fingerprint density at radius 2 is 2.00 bits per heavy atom. The van der Waals surface area contributed by atoms with Crippen molar-refractivity contribution in [2.45, 2.75) is 18.9 Å². The molecule has 0 radical (unpaired) electrons. The molecule has 2 aromatic carbocycles.